The molecule has 0 bridgehead atoms. The largest absolute Gasteiger partial charge is 0.393 e. The maximum Gasteiger partial charge on any atom is 0.244 e. The Balaban J connectivity index is 3.16. The molecule has 1 atom stereocenters. The normalized spacial score (nSPS) is 13.5. The second-order valence-electron chi connectivity index (χ2n) is 4.12. The number of nitrogens with two attached hydrogens (primary N) is 1. The topological polar surface area (TPSA) is 63.4 Å². The molecule has 0 aliphatic rings. The van der Waals surface area contributed by atoms with Gasteiger partial charge in [0.2, 0.25) is 10.0 Å². The van der Waals surface area contributed by atoms with Crippen molar-refractivity contribution in [3.8, 4) is 0 Å². The van der Waals surface area contributed by atoms with E-state index in [9.17, 15) is 8.42 Å². The Morgan fingerprint density at radius 2 is 2.05 bits per heavy atom. The van der Waals surface area contributed by atoms with Crippen LogP contribution in [0.15, 0.2) is 23.1 Å². The van der Waals surface area contributed by atoms with Crippen molar-refractivity contribution in [2.45, 2.75) is 24.3 Å². The molecule has 19 heavy (non-hydrogen) atoms. The molecule has 0 aliphatic carbocycles. The van der Waals surface area contributed by atoms with Crippen LogP contribution in [0.4, 0.5) is 0 Å². The van der Waals surface area contributed by atoms with E-state index in [2.05, 4.69) is 0 Å². The summed E-state index contributed by atoms with van der Waals surface area (Å²) in [6.07, 6.45) is 0.295. The molecule has 0 heterocycles. The molecule has 8 heteroatoms. The summed E-state index contributed by atoms with van der Waals surface area (Å²) < 4.78 is 26.0. The monoisotopic (exact) mass is 340 g/mol. The Hall–Kier alpha value is -0.400. The summed E-state index contributed by atoms with van der Waals surface area (Å²) in [5.74, 6) is 0. The molecule has 1 unspecified atom stereocenters. The van der Waals surface area contributed by atoms with E-state index in [4.69, 9.17) is 41.2 Å². The zero-order valence-electron chi connectivity index (χ0n) is 10.4. The van der Waals surface area contributed by atoms with E-state index in [0.29, 0.717) is 11.4 Å². The fourth-order valence-corrected chi connectivity index (χ4v) is 3.82. The first-order valence-corrected chi connectivity index (χ1v) is 7.98. The van der Waals surface area contributed by atoms with Crippen molar-refractivity contribution in [1.29, 1.82) is 0 Å². The third-order valence-electron chi connectivity index (χ3n) is 2.67. The summed E-state index contributed by atoms with van der Waals surface area (Å²) in [6, 6.07) is 3.94. The van der Waals surface area contributed by atoms with Crippen LogP contribution in [-0.4, -0.2) is 30.8 Å². The molecule has 1 aromatic rings. The summed E-state index contributed by atoms with van der Waals surface area (Å²) in [6.45, 7) is 1.72. The van der Waals surface area contributed by atoms with Crippen molar-refractivity contribution in [3.05, 3.63) is 28.2 Å². The van der Waals surface area contributed by atoms with E-state index >= 15 is 0 Å². The Labute approximate surface area is 128 Å². The molecular formula is C11H14Cl2N2O2S2. The minimum Gasteiger partial charge on any atom is -0.393 e. The van der Waals surface area contributed by atoms with Crippen molar-refractivity contribution in [1.82, 2.24) is 4.31 Å². The Morgan fingerprint density at radius 3 is 2.58 bits per heavy atom. The molecule has 1 aromatic carbocycles. The van der Waals surface area contributed by atoms with Crippen molar-refractivity contribution >= 4 is 50.4 Å². The van der Waals surface area contributed by atoms with Crippen molar-refractivity contribution in [2.75, 3.05) is 7.05 Å². The van der Waals surface area contributed by atoms with Crippen LogP contribution in [0.25, 0.3) is 0 Å². The molecule has 0 aliphatic heterocycles. The van der Waals surface area contributed by atoms with Gasteiger partial charge in [-0.2, -0.15) is 4.31 Å². The van der Waals surface area contributed by atoms with Crippen molar-refractivity contribution in [3.63, 3.8) is 0 Å². The lowest BCUT2D eigenvalue weighted by Crippen LogP contribution is -2.37. The SMILES string of the molecule is CC(CC(N)=S)N(C)S(=O)(=O)c1cc(Cl)ccc1Cl. The molecular weight excluding hydrogens is 327 g/mol. The van der Waals surface area contributed by atoms with E-state index in [-0.39, 0.29) is 20.9 Å². The van der Waals surface area contributed by atoms with Crippen LogP contribution in [0.5, 0.6) is 0 Å². The van der Waals surface area contributed by atoms with Gasteiger partial charge in [-0.3, -0.25) is 0 Å². The van der Waals surface area contributed by atoms with Gasteiger partial charge in [-0.15, -0.1) is 0 Å². The van der Waals surface area contributed by atoms with Gasteiger partial charge in [-0.05, 0) is 25.1 Å². The lowest BCUT2D eigenvalue weighted by atomic mass is 10.2. The fourth-order valence-electron chi connectivity index (χ4n) is 1.49. The smallest absolute Gasteiger partial charge is 0.244 e. The summed E-state index contributed by atoms with van der Waals surface area (Å²) in [5.41, 5.74) is 5.43. The van der Waals surface area contributed by atoms with Crippen molar-refractivity contribution < 1.29 is 8.42 Å². The Morgan fingerprint density at radius 1 is 1.47 bits per heavy atom. The van der Waals surface area contributed by atoms with Gasteiger partial charge in [0.05, 0.1) is 10.0 Å². The van der Waals surface area contributed by atoms with E-state index in [0.717, 1.165) is 0 Å². The molecule has 0 amide bonds. The van der Waals surface area contributed by atoms with Gasteiger partial charge in [0.15, 0.2) is 0 Å². The number of hydrogen-bond acceptors (Lipinski definition) is 3. The number of benzene rings is 1. The number of thiocarbonyl (C=S) groups is 1. The molecule has 0 saturated heterocycles. The lowest BCUT2D eigenvalue weighted by Gasteiger charge is -2.24. The maximum absolute atomic E-state index is 12.4. The van der Waals surface area contributed by atoms with Crippen LogP contribution in [0.3, 0.4) is 0 Å². The first-order chi connectivity index (χ1) is 8.66. The second-order valence-corrected chi connectivity index (χ2v) is 7.45. The minimum atomic E-state index is -3.74. The Bertz CT molecular complexity index is 590. The van der Waals surface area contributed by atoms with Gasteiger partial charge in [0.1, 0.15) is 4.90 Å². The first-order valence-electron chi connectivity index (χ1n) is 5.37. The van der Waals surface area contributed by atoms with Crippen LogP contribution in [0.2, 0.25) is 10.0 Å². The molecule has 4 nitrogen and oxygen atoms in total. The van der Waals surface area contributed by atoms with E-state index in [1.54, 1.807) is 6.92 Å². The number of nitrogens with zero attached hydrogens (tertiary/aromatic N) is 1. The third-order valence-corrected chi connectivity index (χ3v) is 5.52. The van der Waals surface area contributed by atoms with Gasteiger partial charge in [-0.1, -0.05) is 35.4 Å². The second kappa shape index (κ2) is 6.37. The predicted octanol–water partition coefficient (Wildman–Crippen LogP) is 2.68. The van der Waals surface area contributed by atoms with Gasteiger partial charge in [-0.25, -0.2) is 8.42 Å². The number of halogens is 2. The maximum atomic E-state index is 12.4. The van der Waals surface area contributed by atoms with Crippen LogP contribution >= 0.6 is 35.4 Å². The summed E-state index contributed by atoms with van der Waals surface area (Å²) in [4.78, 5) is 0.227. The van der Waals surface area contributed by atoms with Crippen molar-refractivity contribution in [2.24, 2.45) is 5.73 Å². The van der Waals surface area contributed by atoms with Gasteiger partial charge >= 0.3 is 0 Å². The highest BCUT2D eigenvalue weighted by atomic mass is 35.5. The zero-order chi connectivity index (χ0) is 14.8. The predicted molar refractivity (Wildman–Crippen MR) is 82.3 cm³/mol. The minimum absolute atomic E-state index is 0.0287. The Kier molecular flexibility index (Phi) is 5.58. The van der Waals surface area contributed by atoms with Gasteiger partial charge in [0, 0.05) is 24.5 Å². The molecule has 2 N–H and O–H groups in total. The van der Waals surface area contributed by atoms with Gasteiger partial charge in [0.25, 0.3) is 0 Å². The number of rotatable bonds is 5. The molecule has 0 spiro atoms. The van der Waals surface area contributed by atoms with Crippen LogP contribution in [0.1, 0.15) is 13.3 Å². The summed E-state index contributed by atoms with van der Waals surface area (Å²) in [5, 5.41) is 0.428. The third kappa shape index (κ3) is 4.03. The highest BCUT2D eigenvalue weighted by molar-refractivity contribution is 7.89. The highest BCUT2D eigenvalue weighted by Crippen LogP contribution is 2.28. The molecule has 0 aromatic heterocycles. The lowest BCUT2D eigenvalue weighted by molar-refractivity contribution is 0.397. The van der Waals surface area contributed by atoms with Crippen LogP contribution in [0, 0.1) is 0 Å². The number of sulfonamides is 1. The molecule has 1 rings (SSSR count). The average Bonchev–Trinajstić information content (AvgIpc) is 2.30. The molecule has 0 radical (unpaired) electrons. The standard InChI is InChI=1S/C11H14Cl2N2O2S2/c1-7(5-11(14)18)15(2)19(16,17)10-6-8(12)3-4-9(10)13/h3-4,6-7H,5H2,1-2H3,(H2,14,18). The quantitative estimate of drug-likeness (QED) is 0.837. The average molecular weight is 341 g/mol. The molecule has 0 fully saturated rings. The highest BCUT2D eigenvalue weighted by Gasteiger charge is 2.27. The summed E-state index contributed by atoms with van der Waals surface area (Å²) in [7, 11) is -2.28. The molecule has 106 valence electrons. The van der Waals surface area contributed by atoms with Crippen LogP contribution < -0.4 is 5.73 Å². The number of hydrogen-bond donors (Lipinski definition) is 1. The van der Waals surface area contributed by atoms with Gasteiger partial charge < -0.3 is 5.73 Å². The van der Waals surface area contributed by atoms with E-state index in [1.165, 1.54) is 29.6 Å². The van der Waals surface area contributed by atoms with E-state index < -0.39 is 10.0 Å². The fraction of sp³-hybridized carbons (Fsp3) is 0.364. The van der Waals surface area contributed by atoms with E-state index in [1.807, 2.05) is 0 Å². The summed E-state index contributed by atoms with van der Waals surface area (Å²) >= 11 is 16.5. The zero-order valence-corrected chi connectivity index (χ0v) is 13.6. The molecule has 0 saturated carbocycles. The van der Waals surface area contributed by atoms with Crippen LogP contribution in [-0.2, 0) is 10.0 Å². The first kappa shape index (κ1) is 16.7.